The second-order valence-electron chi connectivity index (χ2n) is 6.21. The molecule has 146 valence electrons. The van der Waals surface area contributed by atoms with Crippen LogP contribution in [0.4, 0.5) is 11.4 Å². The molecule has 0 aromatic heterocycles. The summed E-state index contributed by atoms with van der Waals surface area (Å²) in [7, 11) is 3.29. The van der Waals surface area contributed by atoms with Gasteiger partial charge in [-0.05, 0) is 53.6 Å². The second kappa shape index (κ2) is 9.37. The van der Waals surface area contributed by atoms with E-state index in [1.54, 1.807) is 14.2 Å². The molecule has 3 aromatic rings. The number of rotatable bonds is 8. The van der Waals surface area contributed by atoms with Gasteiger partial charge in [0.2, 0.25) is 0 Å². The van der Waals surface area contributed by atoms with E-state index in [1.165, 1.54) is 0 Å². The minimum Gasteiger partial charge on any atom is -0.497 e. The average Bonchev–Trinajstić information content (AvgIpc) is 2.72. The fourth-order valence-electron chi connectivity index (χ4n) is 2.72. The molecule has 0 heterocycles. The number of benzene rings is 3. The number of nitrogens with two attached hydrogens (primary N) is 1. The molecule has 0 aliphatic heterocycles. The minimum absolute atomic E-state index is 0.452. The Labute approximate surface area is 173 Å². The van der Waals surface area contributed by atoms with Gasteiger partial charge in [0.1, 0.15) is 12.4 Å². The Morgan fingerprint density at radius 2 is 1.61 bits per heavy atom. The Morgan fingerprint density at radius 1 is 0.857 bits per heavy atom. The van der Waals surface area contributed by atoms with Gasteiger partial charge in [0, 0.05) is 11.0 Å². The molecule has 0 atom stereocenters. The SMILES string of the molecule is COc1ccc(COc2ccc(CNc3ccc(Br)cc3N)cc2OC)cc1. The summed E-state index contributed by atoms with van der Waals surface area (Å²) in [4.78, 5) is 0. The molecule has 0 fully saturated rings. The Bertz CT molecular complexity index is 930. The molecule has 3 rings (SSSR count). The third kappa shape index (κ3) is 5.10. The van der Waals surface area contributed by atoms with Crippen LogP contribution in [0, 0.1) is 0 Å². The molecular formula is C22H23BrN2O3. The van der Waals surface area contributed by atoms with Crippen LogP contribution in [0.25, 0.3) is 0 Å². The smallest absolute Gasteiger partial charge is 0.161 e. The first-order valence-electron chi connectivity index (χ1n) is 8.80. The number of nitrogen functional groups attached to an aromatic ring is 1. The topological polar surface area (TPSA) is 65.7 Å². The highest BCUT2D eigenvalue weighted by Gasteiger charge is 2.07. The van der Waals surface area contributed by atoms with Crippen molar-refractivity contribution in [3.63, 3.8) is 0 Å². The fraction of sp³-hybridized carbons (Fsp3) is 0.182. The Morgan fingerprint density at radius 3 is 2.29 bits per heavy atom. The summed E-state index contributed by atoms with van der Waals surface area (Å²) in [5.41, 5.74) is 9.74. The molecule has 0 aliphatic carbocycles. The van der Waals surface area contributed by atoms with Gasteiger partial charge in [-0.25, -0.2) is 0 Å². The first kappa shape index (κ1) is 19.9. The lowest BCUT2D eigenvalue weighted by atomic mass is 10.2. The van der Waals surface area contributed by atoms with Crippen LogP contribution in [0.3, 0.4) is 0 Å². The number of ether oxygens (including phenoxy) is 3. The molecule has 0 radical (unpaired) electrons. The van der Waals surface area contributed by atoms with Gasteiger partial charge < -0.3 is 25.3 Å². The van der Waals surface area contributed by atoms with Crippen molar-refractivity contribution in [2.24, 2.45) is 0 Å². The van der Waals surface area contributed by atoms with Crippen LogP contribution in [-0.4, -0.2) is 14.2 Å². The number of methoxy groups -OCH3 is 2. The predicted molar refractivity (Wildman–Crippen MR) is 116 cm³/mol. The number of anilines is 2. The monoisotopic (exact) mass is 442 g/mol. The van der Waals surface area contributed by atoms with E-state index < -0.39 is 0 Å². The number of hydrogen-bond acceptors (Lipinski definition) is 5. The maximum Gasteiger partial charge on any atom is 0.161 e. The maximum atomic E-state index is 6.03. The van der Waals surface area contributed by atoms with Gasteiger partial charge in [-0.15, -0.1) is 0 Å². The van der Waals surface area contributed by atoms with Crippen molar-refractivity contribution in [3.05, 3.63) is 76.3 Å². The highest BCUT2D eigenvalue weighted by molar-refractivity contribution is 9.10. The minimum atomic E-state index is 0.452. The third-order valence-corrected chi connectivity index (χ3v) is 4.77. The first-order valence-corrected chi connectivity index (χ1v) is 9.60. The van der Waals surface area contributed by atoms with Crippen LogP contribution in [0.1, 0.15) is 11.1 Å². The molecule has 3 N–H and O–H groups in total. The molecule has 0 saturated carbocycles. The van der Waals surface area contributed by atoms with E-state index in [2.05, 4.69) is 21.2 Å². The summed E-state index contributed by atoms with van der Waals surface area (Å²) >= 11 is 3.41. The van der Waals surface area contributed by atoms with Crippen LogP contribution in [0.15, 0.2) is 65.1 Å². The van der Waals surface area contributed by atoms with Crippen LogP contribution in [0.2, 0.25) is 0 Å². The zero-order chi connectivity index (χ0) is 19.9. The van der Waals surface area contributed by atoms with E-state index in [0.29, 0.717) is 30.3 Å². The van der Waals surface area contributed by atoms with Gasteiger partial charge in [0.15, 0.2) is 11.5 Å². The van der Waals surface area contributed by atoms with Crippen molar-refractivity contribution in [1.29, 1.82) is 0 Å². The van der Waals surface area contributed by atoms with Crippen LogP contribution < -0.4 is 25.3 Å². The summed E-state index contributed by atoms with van der Waals surface area (Å²) in [5, 5.41) is 3.34. The quantitative estimate of drug-likeness (QED) is 0.466. The maximum absolute atomic E-state index is 6.03. The summed E-state index contributed by atoms with van der Waals surface area (Å²) in [6.45, 7) is 1.08. The van der Waals surface area contributed by atoms with Gasteiger partial charge in [-0.1, -0.05) is 34.1 Å². The zero-order valence-electron chi connectivity index (χ0n) is 15.9. The van der Waals surface area contributed by atoms with Gasteiger partial charge >= 0.3 is 0 Å². The number of hydrogen-bond donors (Lipinski definition) is 2. The zero-order valence-corrected chi connectivity index (χ0v) is 17.5. The Balaban J connectivity index is 1.64. The highest BCUT2D eigenvalue weighted by Crippen LogP contribution is 2.30. The molecule has 0 aliphatic rings. The molecule has 0 amide bonds. The summed E-state index contributed by atoms with van der Waals surface area (Å²) in [6, 6.07) is 19.5. The van der Waals surface area contributed by atoms with Crippen molar-refractivity contribution >= 4 is 27.3 Å². The molecule has 28 heavy (non-hydrogen) atoms. The van der Waals surface area contributed by atoms with Gasteiger partial charge in [0.25, 0.3) is 0 Å². The van der Waals surface area contributed by atoms with Crippen molar-refractivity contribution in [1.82, 2.24) is 0 Å². The summed E-state index contributed by atoms with van der Waals surface area (Å²) in [5.74, 6) is 2.21. The van der Waals surface area contributed by atoms with Gasteiger partial charge in [-0.2, -0.15) is 0 Å². The Kier molecular flexibility index (Phi) is 6.66. The van der Waals surface area contributed by atoms with E-state index in [1.807, 2.05) is 60.7 Å². The first-order chi connectivity index (χ1) is 13.6. The van der Waals surface area contributed by atoms with Gasteiger partial charge in [0.05, 0.1) is 25.6 Å². The van der Waals surface area contributed by atoms with E-state index in [-0.39, 0.29) is 0 Å². The lowest BCUT2D eigenvalue weighted by Crippen LogP contribution is -2.03. The van der Waals surface area contributed by atoms with Crippen LogP contribution in [0.5, 0.6) is 17.2 Å². The molecule has 6 heteroatoms. The van der Waals surface area contributed by atoms with E-state index in [0.717, 1.165) is 27.0 Å². The number of nitrogens with one attached hydrogen (secondary N) is 1. The van der Waals surface area contributed by atoms with E-state index in [9.17, 15) is 0 Å². The lowest BCUT2D eigenvalue weighted by molar-refractivity contribution is 0.284. The lowest BCUT2D eigenvalue weighted by Gasteiger charge is -2.14. The molecule has 0 saturated heterocycles. The Hall–Kier alpha value is -2.86. The standard InChI is InChI=1S/C22H23BrN2O3/c1-26-18-7-3-15(4-8-18)14-28-21-10-5-16(11-22(21)27-2)13-25-20-9-6-17(23)12-19(20)24/h3-12,25H,13-14,24H2,1-2H3. The predicted octanol–water partition coefficient (Wildman–Crippen LogP) is 5.24. The van der Waals surface area contributed by atoms with E-state index in [4.69, 9.17) is 19.9 Å². The molecule has 5 nitrogen and oxygen atoms in total. The van der Waals surface area contributed by atoms with Crippen LogP contribution in [-0.2, 0) is 13.2 Å². The largest absolute Gasteiger partial charge is 0.497 e. The highest BCUT2D eigenvalue weighted by atomic mass is 79.9. The fourth-order valence-corrected chi connectivity index (χ4v) is 3.09. The summed E-state index contributed by atoms with van der Waals surface area (Å²) in [6.07, 6.45) is 0. The third-order valence-electron chi connectivity index (χ3n) is 4.28. The molecule has 0 unspecified atom stereocenters. The van der Waals surface area contributed by atoms with Gasteiger partial charge in [-0.3, -0.25) is 0 Å². The molecular weight excluding hydrogens is 420 g/mol. The van der Waals surface area contributed by atoms with Crippen LogP contribution >= 0.6 is 15.9 Å². The molecule has 3 aromatic carbocycles. The summed E-state index contributed by atoms with van der Waals surface area (Å²) < 4.78 is 17.6. The van der Waals surface area contributed by atoms with Crippen molar-refractivity contribution in [2.45, 2.75) is 13.2 Å². The second-order valence-corrected chi connectivity index (χ2v) is 7.12. The molecule has 0 bridgehead atoms. The molecule has 0 spiro atoms. The van der Waals surface area contributed by atoms with Crippen molar-refractivity contribution < 1.29 is 14.2 Å². The van der Waals surface area contributed by atoms with Crippen molar-refractivity contribution in [3.8, 4) is 17.2 Å². The average molecular weight is 443 g/mol. The van der Waals surface area contributed by atoms with E-state index >= 15 is 0 Å². The van der Waals surface area contributed by atoms with Crippen molar-refractivity contribution in [2.75, 3.05) is 25.3 Å². The number of halogens is 1. The normalized spacial score (nSPS) is 10.4.